The van der Waals surface area contributed by atoms with Gasteiger partial charge in [0.15, 0.2) is 0 Å². The average molecular weight is 938 g/mol. The van der Waals surface area contributed by atoms with Gasteiger partial charge in [0.25, 0.3) is 0 Å². The highest BCUT2D eigenvalue weighted by Crippen LogP contribution is 2.55. The van der Waals surface area contributed by atoms with E-state index >= 15 is 0 Å². The van der Waals surface area contributed by atoms with Crippen molar-refractivity contribution in [1.82, 2.24) is 0 Å². The summed E-state index contributed by atoms with van der Waals surface area (Å²) < 4.78 is 6.67. The average Bonchev–Trinajstić information content (AvgIpc) is 3.93. The van der Waals surface area contributed by atoms with Gasteiger partial charge in [0.05, 0.1) is 11.4 Å². The molecule has 0 radical (unpaired) electrons. The molecule has 0 amide bonds. The van der Waals surface area contributed by atoms with Gasteiger partial charge in [0.2, 0.25) is 0 Å². The van der Waals surface area contributed by atoms with Gasteiger partial charge in [-0.15, -0.1) is 0 Å². The van der Waals surface area contributed by atoms with Crippen LogP contribution >= 0.6 is 0 Å². The molecular weight excluding hydrogens is 883 g/mol. The predicted octanol–water partition coefficient (Wildman–Crippen LogP) is 20.1. The molecule has 0 N–H and O–H groups in total. The summed E-state index contributed by atoms with van der Waals surface area (Å²) in [4.78, 5) is 2.58. The third kappa shape index (κ3) is 7.48. The summed E-state index contributed by atoms with van der Waals surface area (Å²) in [6.45, 7) is 11.6. The lowest BCUT2D eigenvalue weighted by atomic mass is 9.82. The second-order valence-electron chi connectivity index (χ2n) is 21.3. The summed E-state index contributed by atoms with van der Waals surface area (Å²) in [6.07, 6.45) is 0. The Balaban J connectivity index is 1.13. The summed E-state index contributed by atoms with van der Waals surface area (Å²) in [7, 11) is 0. The molecule has 2 heteroatoms. The molecule has 0 bridgehead atoms. The molecule has 0 spiro atoms. The largest absolute Gasteiger partial charge is 0.455 e. The van der Waals surface area contributed by atoms with E-state index in [1.54, 1.807) is 0 Å². The van der Waals surface area contributed by atoms with Gasteiger partial charge in [-0.1, -0.05) is 235 Å². The summed E-state index contributed by atoms with van der Waals surface area (Å²) in [5.41, 5.74) is 22.9. The first-order valence-electron chi connectivity index (χ1n) is 25.6. The van der Waals surface area contributed by atoms with Crippen LogP contribution in [0.1, 0.15) is 51.3 Å². The lowest BCUT2D eigenvalue weighted by molar-refractivity contribution is 0.590. The molecule has 73 heavy (non-hydrogen) atoms. The fourth-order valence-electron chi connectivity index (χ4n) is 11.7. The zero-order chi connectivity index (χ0) is 49.4. The maximum Gasteiger partial charge on any atom is 0.143 e. The normalized spacial score (nSPS) is 12.8. The van der Waals surface area contributed by atoms with E-state index in [2.05, 4.69) is 276 Å². The standard InChI is InChI=1S/C71H55NO/c1-70(2,3)53-37-34-46(35-38-53)52-43-60(47-20-8-6-9-21-47)68(61(44-52)48-22-10-7-11-23-48)72(54-39-40-64-62(45-54)57-28-14-16-32-63(57)71(64,4)5)65-41-36-49-24-12-13-27-55(49)67(65)51-26-18-25-50(42-51)56-30-19-31-59-58-29-15-17-33-66(58)73-69(56)59/h6-45H,1-5H3. The molecule has 1 aliphatic rings. The van der Waals surface area contributed by atoms with Crippen molar-refractivity contribution in [2.24, 2.45) is 0 Å². The molecule has 0 saturated heterocycles. The van der Waals surface area contributed by atoms with Crippen LogP contribution < -0.4 is 4.90 Å². The van der Waals surface area contributed by atoms with Gasteiger partial charge in [0.1, 0.15) is 11.2 Å². The maximum atomic E-state index is 6.67. The minimum Gasteiger partial charge on any atom is -0.455 e. The van der Waals surface area contributed by atoms with Crippen molar-refractivity contribution in [2.45, 2.75) is 45.4 Å². The Morgan fingerprint density at radius 2 is 0.973 bits per heavy atom. The van der Waals surface area contributed by atoms with Crippen molar-refractivity contribution in [1.29, 1.82) is 0 Å². The topological polar surface area (TPSA) is 16.4 Å². The SMILES string of the molecule is CC(C)(C)c1ccc(-c2cc(-c3ccccc3)c(N(c3ccc4c(c3)-c3ccccc3C4(C)C)c3ccc4ccccc4c3-c3cccc(-c4cccc5c4oc4ccccc45)c3)c(-c3ccccc3)c2)cc1. The van der Waals surface area contributed by atoms with E-state index < -0.39 is 0 Å². The van der Waals surface area contributed by atoms with Crippen LogP contribution in [-0.4, -0.2) is 0 Å². The Hall–Kier alpha value is -8.72. The van der Waals surface area contributed by atoms with Crippen LogP contribution in [0.4, 0.5) is 17.1 Å². The number of anilines is 3. The Morgan fingerprint density at radius 1 is 0.384 bits per heavy atom. The van der Waals surface area contributed by atoms with Crippen LogP contribution in [0.5, 0.6) is 0 Å². The first kappa shape index (κ1) is 44.2. The molecule has 11 aromatic carbocycles. The highest BCUT2D eigenvalue weighted by molar-refractivity contribution is 6.12. The number of fused-ring (bicyclic) bond motifs is 7. The van der Waals surface area contributed by atoms with Crippen LogP contribution in [0, 0.1) is 0 Å². The fourth-order valence-corrected chi connectivity index (χ4v) is 11.7. The number of para-hydroxylation sites is 2. The van der Waals surface area contributed by atoms with E-state index in [1.165, 1.54) is 44.2 Å². The first-order chi connectivity index (χ1) is 35.6. The fraction of sp³-hybridized carbons (Fsp3) is 0.0986. The number of benzene rings is 11. The molecule has 0 saturated carbocycles. The molecule has 1 heterocycles. The second-order valence-corrected chi connectivity index (χ2v) is 21.3. The van der Waals surface area contributed by atoms with Crippen molar-refractivity contribution in [3.05, 3.63) is 259 Å². The van der Waals surface area contributed by atoms with Gasteiger partial charge in [-0.3, -0.25) is 0 Å². The quantitative estimate of drug-likeness (QED) is 0.151. The Morgan fingerprint density at radius 3 is 1.71 bits per heavy atom. The van der Waals surface area contributed by atoms with Gasteiger partial charge < -0.3 is 9.32 Å². The summed E-state index contributed by atoms with van der Waals surface area (Å²) >= 11 is 0. The van der Waals surface area contributed by atoms with Crippen LogP contribution in [0.2, 0.25) is 0 Å². The predicted molar refractivity (Wildman–Crippen MR) is 309 cm³/mol. The van der Waals surface area contributed by atoms with E-state index in [0.717, 1.165) is 89.1 Å². The third-order valence-corrected chi connectivity index (χ3v) is 15.4. The molecule has 0 unspecified atom stereocenters. The molecule has 350 valence electrons. The van der Waals surface area contributed by atoms with E-state index in [1.807, 2.05) is 6.07 Å². The molecule has 1 aliphatic carbocycles. The van der Waals surface area contributed by atoms with E-state index in [9.17, 15) is 0 Å². The van der Waals surface area contributed by atoms with Crippen molar-refractivity contribution < 1.29 is 4.42 Å². The van der Waals surface area contributed by atoms with Crippen molar-refractivity contribution >= 4 is 49.8 Å². The van der Waals surface area contributed by atoms with Crippen LogP contribution in [0.25, 0.3) is 99.5 Å². The molecule has 2 nitrogen and oxygen atoms in total. The number of hydrogen-bond acceptors (Lipinski definition) is 2. The molecule has 12 aromatic rings. The monoisotopic (exact) mass is 937 g/mol. The van der Waals surface area contributed by atoms with Gasteiger partial charge >= 0.3 is 0 Å². The minimum atomic E-state index is -0.152. The molecule has 1 aromatic heterocycles. The zero-order valence-corrected chi connectivity index (χ0v) is 41.9. The Bertz CT molecular complexity index is 4020. The molecule has 13 rings (SSSR count). The van der Waals surface area contributed by atoms with Crippen LogP contribution in [0.3, 0.4) is 0 Å². The zero-order valence-electron chi connectivity index (χ0n) is 41.9. The highest BCUT2D eigenvalue weighted by atomic mass is 16.3. The van der Waals surface area contributed by atoms with Gasteiger partial charge in [-0.05, 0) is 120 Å². The minimum absolute atomic E-state index is 0.0384. The van der Waals surface area contributed by atoms with Crippen molar-refractivity contribution in [3.8, 4) is 66.8 Å². The van der Waals surface area contributed by atoms with Crippen molar-refractivity contribution in [3.63, 3.8) is 0 Å². The van der Waals surface area contributed by atoms with Crippen LogP contribution in [0.15, 0.2) is 247 Å². The molecule has 0 atom stereocenters. The Labute approximate surface area is 428 Å². The molecular formula is C71H55NO. The van der Waals surface area contributed by atoms with E-state index in [0.29, 0.717) is 0 Å². The van der Waals surface area contributed by atoms with Crippen LogP contribution in [-0.2, 0) is 10.8 Å². The maximum absolute atomic E-state index is 6.67. The summed E-state index contributed by atoms with van der Waals surface area (Å²) in [5, 5.41) is 4.60. The lowest BCUT2D eigenvalue weighted by Gasteiger charge is -2.34. The highest BCUT2D eigenvalue weighted by Gasteiger charge is 2.36. The van der Waals surface area contributed by atoms with E-state index in [4.69, 9.17) is 4.42 Å². The first-order valence-corrected chi connectivity index (χ1v) is 25.6. The van der Waals surface area contributed by atoms with Crippen molar-refractivity contribution in [2.75, 3.05) is 4.90 Å². The van der Waals surface area contributed by atoms with Gasteiger partial charge in [0, 0.05) is 44.1 Å². The summed E-state index contributed by atoms with van der Waals surface area (Å²) in [5.74, 6) is 0. The molecule has 0 aliphatic heterocycles. The molecule has 0 fully saturated rings. The van der Waals surface area contributed by atoms with Gasteiger partial charge in [-0.2, -0.15) is 0 Å². The third-order valence-electron chi connectivity index (χ3n) is 15.4. The lowest BCUT2D eigenvalue weighted by Crippen LogP contribution is -2.16. The summed E-state index contributed by atoms with van der Waals surface area (Å²) in [6, 6.07) is 89.7. The number of furan rings is 1. The number of hydrogen-bond donors (Lipinski definition) is 0. The second kappa shape index (κ2) is 17.3. The number of rotatable bonds is 8. The Kier molecular flexibility index (Phi) is 10.5. The smallest absolute Gasteiger partial charge is 0.143 e. The number of nitrogens with zero attached hydrogens (tertiary/aromatic N) is 1. The van der Waals surface area contributed by atoms with E-state index in [-0.39, 0.29) is 10.8 Å². The van der Waals surface area contributed by atoms with Gasteiger partial charge in [-0.25, -0.2) is 0 Å².